The average Bonchev–Trinajstić information content (AvgIpc) is 2.69. The van der Waals surface area contributed by atoms with E-state index in [0.29, 0.717) is 18.2 Å². The molecule has 1 fully saturated rings. The van der Waals surface area contributed by atoms with E-state index in [1.54, 1.807) is 12.1 Å². The van der Waals surface area contributed by atoms with Gasteiger partial charge in [0.25, 0.3) is 0 Å². The number of hydrogen-bond donors (Lipinski definition) is 2. The zero-order chi connectivity index (χ0) is 19.1. The number of aryl methyl sites for hydroxylation is 1. The molecule has 142 valence electrons. The summed E-state index contributed by atoms with van der Waals surface area (Å²) in [5.74, 6) is -0.779. The number of nitrogens with zero attached hydrogens (tertiary/aromatic N) is 2. The molecule has 6 nitrogen and oxygen atoms in total. The van der Waals surface area contributed by atoms with Gasteiger partial charge in [-0.3, -0.25) is 19.5 Å². The molecule has 0 saturated carbocycles. The summed E-state index contributed by atoms with van der Waals surface area (Å²) in [6.07, 6.45) is 5.68. The second-order valence-electron chi connectivity index (χ2n) is 7.11. The van der Waals surface area contributed by atoms with Gasteiger partial charge in [0.1, 0.15) is 0 Å². The molecule has 1 aromatic heterocycles. The first-order chi connectivity index (χ1) is 13.1. The summed E-state index contributed by atoms with van der Waals surface area (Å²) < 4.78 is 0. The Morgan fingerprint density at radius 3 is 2.37 bits per heavy atom. The lowest BCUT2D eigenvalue weighted by Gasteiger charge is -2.32. The molecule has 0 atom stereocenters. The predicted molar refractivity (Wildman–Crippen MR) is 105 cm³/mol. The van der Waals surface area contributed by atoms with Crippen molar-refractivity contribution >= 4 is 17.5 Å². The van der Waals surface area contributed by atoms with Gasteiger partial charge in [-0.25, -0.2) is 0 Å². The number of nitrogens with one attached hydrogen (secondary N) is 2. The summed E-state index contributed by atoms with van der Waals surface area (Å²) in [7, 11) is 0. The van der Waals surface area contributed by atoms with E-state index in [-0.39, 0.29) is 0 Å². The maximum atomic E-state index is 12.0. The first-order valence-corrected chi connectivity index (χ1v) is 9.37. The lowest BCUT2D eigenvalue weighted by Crippen LogP contribution is -2.41. The van der Waals surface area contributed by atoms with E-state index in [9.17, 15) is 9.59 Å². The van der Waals surface area contributed by atoms with Gasteiger partial charge < -0.3 is 10.6 Å². The molecule has 1 aromatic carbocycles. The zero-order valence-corrected chi connectivity index (χ0v) is 15.6. The Bertz CT molecular complexity index is 754. The summed E-state index contributed by atoms with van der Waals surface area (Å²) >= 11 is 0. The van der Waals surface area contributed by atoms with Crippen LogP contribution in [0.2, 0.25) is 0 Å². The Hall–Kier alpha value is -2.73. The van der Waals surface area contributed by atoms with Gasteiger partial charge in [-0.15, -0.1) is 0 Å². The number of likely N-dealkylation sites (tertiary alicyclic amines) is 1. The van der Waals surface area contributed by atoms with E-state index >= 15 is 0 Å². The van der Waals surface area contributed by atoms with Gasteiger partial charge in [0.15, 0.2) is 0 Å². The van der Waals surface area contributed by atoms with Gasteiger partial charge >= 0.3 is 11.8 Å². The molecule has 27 heavy (non-hydrogen) atoms. The van der Waals surface area contributed by atoms with E-state index in [0.717, 1.165) is 38.0 Å². The minimum atomic E-state index is -0.617. The number of amides is 2. The number of benzene rings is 1. The Kier molecular flexibility index (Phi) is 6.54. The van der Waals surface area contributed by atoms with Crippen LogP contribution < -0.4 is 10.6 Å². The Morgan fingerprint density at radius 2 is 1.70 bits per heavy atom. The van der Waals surface area contributed by atoms with Crippen LogP contribution in [-0.2, 0) is 16.1 Å². The molecule has 0 aliphatic carbocycles. The molecule has 1 aliphatic heterocycles. The first-order valence-electron chi connectivity index (χ1n) is 9.37. The van der Waals surface area contributed by atoms with Crippen molar-refractivity contribution in [3.8, 4) is 0 Å². The van der Waals surface area contributed by atoms with Crippen LogP contribution in [0.5, 0.6) is 0 Å². The molecular formula is C21H26N4O2. The van der Waals surface area contributed by atoms with Gasteiger partial charge in [0.05, 0.1) is 0 Å². The van der Waals surface area contributed by atoms with Crippen LogP contribution in [0.25, 0.3) is 0 Å². The topological polar surface area (TPSA) is 74.3 Å². The number of rotatable bonds is 5. The first kappa shape index (κ1) is 19.0. The molecule has 2 amide bonds. The minimum Gasteiger partial charge on any atom is -0.348 e. The molecule has 0 bridgehead atoms. The van der Waals surface area contributed by atoms with E-state index < -0.39 is 11.8 Å². The fourth-order valence-electron chi connectivity index (χ4n) is 3.24. The van der Waals surface area contributed by atoms with Crippen molar-refractivity contribution in [1.82, 2.24) is 15.2 Å². The van der Waals surface area contributed by atoms with Gasteiger partial charge in [-0.1, -0.05) is 17.7 Å². The highest BCUT2D eigenvalue weighted by Crippen LogP contribution is 2.18. The molecular weight excluding hydrogens is 340 g/mol. The second-order valence-corrected chi connectivity index (χ2v) is 7.11. The monoisotopic (exact) mass is 366 g/mol. The fourth-order valence-corrected chi connectivity index (χ4v) is 3.24. The van der Waals surface area contributed by atoms with Gasteiger partial charge in [0.2, 0.25) is 0 Å². The van der Waals surface area contributed by atoms with Crippen molar-refractivity contribution in [2.24, 2.45) is 5.92 Å². The van der Waals surface area contributed by atoms with Crippen LogP contribution >= 0.6 is 0 Å². The summed E-state index contributed by atoms with van der Waals surface area (Å²) in [6, 6.07) is 11.5. The van der Waals surface area contributed by atoms with Crippen molar-refractivity contribution in [3.05, 3.63) is 59.9 Å². The van der Waals surface area contributed by atoms with Crippen molar-refractivity contribution in [3.63, 3.8) is 0 Å². The normalized spacial score (nSPS) is 15.3. The van der Waals surface area contributed by atoms with Crippen LogP contribution in [0.1, 0.15) is 24.0 Å². The maximum absolute atomic E-state index is 12.0. The molecule has 2 heterocycles. The summed E-state index contributed by atoms with van der Waals surface area (Å²) in [5.41, 5.74) is 3.00. The number of pyridine rings is 1. The number of aromatic nitrogens is 1. The third kappa shape index (κ3) is 5.89. The number of anilines is 1. The van der Waals surface area contributed by atoms with Crippen LogP contribution in [0.3, 0.4) is 0 Å². The zero-order valence-electron chi connectivity index (χ0n) is 15.6. The molecule has 0 spiro atoms. The smallest absolute Gasteiger partial charge is 0.313 e. The van der Waals surface area contributed by atoms with Crippen LogP contribution in [0.15, 0.2) is 48.8 Å². The number of carbonyl (C=O) groups is 2. The lowest BCUT2D eigenvalue weighted by atomic mass is 9.96. The van der Waals surface area contributed by atoms with Gasteiger partial charge in [-0.05, 0) is 68.6 Å². The molecule has 6 heteroatoms. The van der Waals surface area contributed by atoms with E-state index in [4.69, 9.17) is 0 Å². The summed E-state index contributed by atoms with van der Waals surface area (Å²) in [4.78, 5) is 30.5. The van der Waals surface area contributed by atoms with Crippen molar-refractivity contribution in [1.29, 1.82) is 0 Å². The molecule has 1 saturated heterocycles. The predicted octanol–water partition coefficient (Wildman–Crippen LogP) is 2.36. The highest BCUT2D eigenvalue weighted by Gasteiger charge is 2.21. The second kappa shape index (κ2) is 9.28. The Morgan fingerprint density at radius 1 is 1.04 bits per heavy atom. The number of piperidine rings is 1. The van der Waals surface area contributed by atoms with Crippen LogP contribution in [-0.4, -0.2) is 41.3 Å². The third-order valence-corrected chi connectivity index (χ3v) is 4.93. The molecule has 0 unspecified atom stereocenters. The molecule has 1 aliphatic rings. The highest BCUT2D eigenvalue weighted by atomic mass is 16.2. The van der Waals surface area contributed by atoms with E-state index in [1.165, 1.54) is 5.56 Å². The van der Waals surface area contributed by atoms with Gasteiger partial charge in [0, 0.05) is 31.2 Å². The molecule has 0 radical (unpaired) electrons. The van der Waals surface area contributed by atoms with E-state index in [1.807, 2.05) is 43.6 Å². The highest BCUT2D eigenvalue weighted by molar-refractivity contribution is 6.39. The maximum Gasteiger partial charge on any atom is 0.313 e. The standard InChI is InChI=1S/C21H26N4O2/c1-16-2-4-19(5-3-16)24-21(27)20(26)23-14-17-8-12-25(13-9-17)15-18-6-10-22-11-7-18/h2-7,10-11,17H,8-9,12-15H2,1H3,(H,23,26)(H,24,27). The van der Waals surface area contributed by atoms with Crippen LogP contribution in [0, 0.1) is 12.8 Å². The van der Waals surface area contributed by atoms with E-state index in [2.05, 4.69) is 20.5 Å². The quantitative estimate of drug-likeness (QED) is 0.797. The Labute approximate surface area is 160 Å². The Balaban J connectivity index is 1.37. The van der Waals surface area contributed by atoms with Crippen molar-refractivity contribution in [2.75, 3.05) is 25.0 Å². The number of hydrogen-bond acceptors (Lipinski definition) is 4. The molecule has 2 aromatic rings. The van der Waals surface area contributed by atoms with Crippen molar-refractivity contribution < 1.29 is 9.59 Å². The fraction of sp³-hybridized carbons (Fsp3) is 0.381. The van der Waals surface area contributed by atoms with Gasteiger partial charge in [-0.2, -0.15) is 0 Å². The van der Waals surface area contributed by atoms with Crippen molar-refractivity contribution in [2.45, 2.75) is 26.3 Å². The number of carbonyl (C=O) groups excluding carboxylic acids is 2. The molecule has 2 N–H and O–H groups in total. The molecule has 3 rings (SSSR count). The minimum absolute atomic E-state index is 0.412. The van der Waals surface area contributed by atoms with Crippen LogP contribution in [0.4, 0.5) is 5.69 Å². The summed E-state index contributed by atoms with van der Waals surface area (Å²) in [6.45, 7) is 5.45. The third-order valence-electron chi connectivity index (χ3n) is 4.93. The average molecular weight is 366 g/mol. The largest absolute Gasteiger partial charge is 0.348 e. The lowest BCUT2D eigenvalue weighted by molar-refractivity contribution is -0.136. The SMILES string of the molecule is Cc1ccc(NC(=O)C(=O)NCC2CCN(Cc3ccncc3)CC2)cc1. The summed E-state index contributed by atoms with van der Waals surface area (Å²) in [5, 5.41) is 5.40.